The third kappa shape index (κ3) is 2.61. The Morgan fingerprint density at radius 3 is 1.58 bits per heavy atom. The Bertz CT molecular complexity index is 2090. The molecule has 36 heavy (non-hydrogen) atoms. The lowest BCUT2D eigenvalue weighted by atomic mass is 10.1. The van der Waals surface area contributed by atoms with Crippen LogP contribution in [0.4, 0.5) is 0 Å². The van der Waals surface area contributed by atoms with Crippen LogP contribution in [0, 0.1) is 0 Å². The zero-order valence-corrected chi connectivity index (χ0v) is 19.6. The summed E-state index contributed by atoms with van der Waals surface area (Å²) in [6, 6.07) is 48.2. The first-order valence-corrected chi connectivity index (χ1v) is 12.4. The molecule has 0 aliphatic rings. The highest BCUT2D eigenvalue weighted by molar-refractivity contribution is 6.19. The van der Waals surface area contributed by atoms with E-state index in [2.05, 4.69) is 143 Å². The van der Waals surface area contributed by atoms with Crippen molar-refractivity contribution in [1.29, 1.82) is 0 Å². The van der Waals surface area contributed by atoms with E-state index in [0.717, 1.165) is 0 Å². The van der Waals surface area contributed by atoms with Crippen molar-refractivity contribution in [3.05, 3.63) is 133 Å². The first-order valence-electron chi connectivity index (χ1n) is 12.4. The van der Waals surface area contributed by atoms with Gasteiger partial charge in [0.25, 0.3) is 0 Å². The molecule has 0 saturated carbocycles. The predicted octanol–water partition coefficient (Wildman–Crippen LogP) is 9.03. The second-order valence-corrected chi connectivity index (χ2v) is 9.43. The van der Waals surface area contributed by atoms with Gasteiger partial charge in [-0.2, -0.15) is 0 Å². The van der Waals surface area contributed by atoms with Gasteiger partial charge in [-0.25, -0.2) is 0 Å². The Morgan fingerprint density at radius 2 is 0.861 bits per heavy atom. The molecular formula is C34H22N2. The molecule has 0 saturated heterocycles. The fourth-order valence-corrected chi connectivity index (χ4v) is 5.95. The first-order chi connectivity index (χ1) is 17.9. The summed E-state index contributed by atoms with van der Waals surface area (Å²) in [7, 11) is 0. The van der Waals surface area contributed by atoms with Crippen molar-refractivity contribution in [2.24, 2.45) is 0 Å². The van der Waals surface area contributed by atoms with Crippen LogP contribution >= 0.6 is 0 Å². The molecule has 2 aromatic heterocycles. The van der Waals surface area contributed by atoms with E-state index in [1.54, 1.807) is 0 Å². The second-order valence-electron chi connectivity index (χ2n) is 9.43. The van der Waals surface area contributed by atoms with Gasteiger partial charge in [-0.05, 0) is 47.9 Å². The van der Waals surface area contributed by atoms with Crippen LogP contribution in [0.1, 0.15) is 0 Å². The number of nitrogens with zero attached hydrogens (tertiary/aromatic N) is 2. The van der Waals surface area contributed by atoms with Gasteiger partial charge in [0, 0.05) is 32.6 Å². The minimum atomic E-state index is 1.18. The molecule has 0 bridgehead atoms. The van der Waals surface area contributed by atoms with Crippen LogP contribution in [0.25, 0.3) is 65.8 Å². The fourth-order valence-electron chi connectivity index (χ4n) is 5.95. The molecule has 0 aliphatic heterocycles. The van der Waals surface area contributed by atoms with E-state index in [1.165, 1.54) is 65.8 Å². The van der Waals surface area contributed by atoms with Crippen molar-refractivity contribution in [2.45, 2.75) is 0 Å². The lowest BCUT2D eigenvalue weighted by Crippen LogP contribution is -1.95. The van der Waals surface area contributed by atoms with Gasteiger partial charge >= 0.3 is 0 Å². The van der Waals surface area contributed by atoms with E-state index in [9.17, 15) is 0 Å². The van der Waals surface area contributed by atoms with E-state index in [4.69, 9.17) is 0 Å². The van der Waals surface area contributed by atoms with Gasteiger partial charge < -0.3 is 9.13 Å². The lowest BCUT2D eigenvalue weighted by molar-refractivity contribution is 1.18. The number of aromatic nitrogens is 2. The zero-order valence-electron chi connectivity index (χ0n) is 19.6. The number of benzene rings is 6. The minimum absolute atomic E-state index is 1.18. The van der Waals surface area contributed by atoms with Crippen LogP contribution in [0.3, 0.4) is 0 Å². The maximum atomic E-state index is 2.45. The topological polar surface area (TPSA) is 9.86 Å². The van der Waals surface area contributed by atoms with Gasteiger partial charge in [0.2, 0.25) is 0 Å². The third-order valence-corrected chi connectivity index (χ3v) is 7.49. The van der Waals surface area contributed by atoms with Crippen molar-refractivity contribution < 1.29 is 0 Å². The highest BCUT2D eigenvalue weighted by Crippen LogP contribution is 2.40. The molecule has 2 nitrogen and oxygen atoms in total. The third-order valence-electron chi connectivity index (χ3n) is 7.49. The van der Waals surface area contributed by atoms with E-state index in [1.807, 2.05) is 0 Å². The SMILES string of the molecule is c1ccc(-n2c3ccccc3c3cc4c(cc32)c2ccccc2n4-c2cccc3ccccc23)cc1. The molecule has 8 aromatic rings. The van der Waals surface area contributed by atoms with Gasteiger partial charge in [0.05, 0.1) is 27.8 Å². The van der Waals surface area contributed by atoms with Crippen molar-refractivity contribution in [1.82, 2.24) is 9.13 Å². The molecule has 0 unspecified atom stereocenters. The maximum absolute atomic E-state index is 2.45. The summed E-state index contributed by atoms with van der Waals surface area (Å²) in [5.41, 5.74) is 7.32. The molecule has 0 amide bonds. The Kier molecular flexibility index (Phi) is 3.97. The highest BCUT2D eigenvalue weighted by Gasteiger charge is 2.18. The molecule has 2 heterocycles. The minimum Gasteiger partial charge on any atom is -0.309 e. The van der Waals surface area contributed by atoms with Gasteiger partial charge in [-0.1, -0.05) is 91.0 Å². The Labute approximate surface area is 208 Å². The summed E-state index contributed by atoms with van der Waals surface area (Å²) in [6.45, 7) is 0. The van der Waals surface area contributed by atoms with Gasteiger partial charge in [-0.3, -0.25) is 0 Å². The number of para-hydroxylation sites is 3. The average molecular weight is 459 g/mol. The summed E-state index contributed by atoms with van der Waals surface area (Å²) in [5, 5.41) is 7.59. The average Bonchev–Trinajstić information content (AvgIpc) is 3.44. The molecule has 2 heteroatoms. The lowest BCUT2D eigenvalue weighted by Gasteiger charge is -2.12. The monoisotopic (exact) mass is 458 g/mol. The standard InChI is InChI=1S/C34H22N2/c1-2-13-24(14-3-1)35-31-18-8-6-16-26(31)28-22-34-29(21-33(28)35)27-17-7-9-19-32(27)36(34)30-20-10-12-23-11-4-5-15-25(23)30/h1-22H. The Hall–Kier alpha value is -4.82. The normalized spacial score (nSPS) is 11.9. The molecule has 6 aromatic carbocycles. The molecule has 8 rings (SSSR count). The van der Waals surface area contributed by atoms with Crippen molar-refractivity contribution in [3.8, 4) is 11.4 Å². The fraction of sp³-hybridized carbons (Fsp3) is 0. The molecule has 0 spiro atoms. The number of fused-ring (bicyclic) bond motifs is 7. The predicted molar refractivity (Wildman–Crippen MR) is 153 cm³/mol. The zero-order chi connectivity index (χ0) is 23.6. The molecule has 168 valence electrons. The summed E-state index contributed by atoms with van der Waals surface area (Å²) in [5.74, 6) is 0. The number of hydrogen-bond donors (Lipinski definition) is 0. The maximum Gasteiger partial charge on any atom is 0.0549 e. The molecule has 0 N–H and O–H groups in total. The molecule has 0 aliphatic carbocycles. The quantitative estimate of drug-likeness (QED) is 0.244. The summed E-state index contributed by atoms with van der Waals surface area (Å²) in [4.78, 5) is 0. The van der Waals surface area contributed by atoms with Gasteiger partial charge in [0.15, 0.2) is 0 Å². The number of hydrogen-bond acceptors (Lipinski definition) is 0. The molecule has 0 radical (unpaired) electrons. The smallest absolute Gasteiger partial charge is 0.0549 e. The van der Waals surface area contributed by atoms with Crippen molar-refractivity contribution >= 4 is 54.4 Å². The molecule has 0 atom stereocenters. The van der Waals surface area contributed by atoms with Crippen molar-refractivity contribution in [2.75, 3.05) is 0 Å². The number of rotatable bonds is 2. The summed E-state index contributed by atoms with van der Waals surface area (Å²) < 4.78 is 4.84. The summed E-state index contributed by atoms with van der Waals surface area (Å²) in [6.07, 6.45) is 0. The van der Waals surface area contributed by atoms with Crippen LogP contribution in [0.5, 0.6) is 0 Å². The molecule has 0 fully saturated rings. The van der Waals surface area contributed by atoms with E-state index in [-0.39, 0.29) is 0 Å². The van der Waals surface area contributed by atoms with E-state index >= 15 is 0 Å². The second kappa shape index (κ2) is 7.34. The summed E-state index contributed by atoms with van der Waals surface area (Å²) >= 11 is 0. The van der Waals surface area contributed by atoms with Crippen LogP contribution in [0.15, 0.2) is 133 Å². The van der Waals surface area contributed by atoms with Gasteiger partial charge in [0.1, 0.15) is 0 Å². The Balaban J connectivity index is 1.58. The molecular weight excluding hydrogens is 436 g/mol. The Morgan fingerprint density at radius 1 is 0.333 bits per heavy atom. The van der Waals surface area contributed by atoms with Crippen molar-refractivity contribution in [3.63, 3.8) is 0 Å². The van der Waals surface area contributed by atoms with Crippen LogP contribution in [0.2, 0.25) is 0 Å². The van der Waals surface area contributed by atoms with Crippen LogP contribution in [-0.2, 0) is 0 Å². The van der Waals surface area contributed by atoms with Crippen LogP contribution in [-0.4, -0.2) is 9.13 Å². The van der Waals surface area contributed by atoms with Gasteiger partial charge in [-0.15, -0.1) is 0 Å². The first kappa shape index (κ1) is 19.5. The van der Waals surface area contributed by atoms with Crippen LogP contribution < -0.4 is 0 Å². The largest absolute Gasteiger partial charge is 0.309 e. The van der Waals surface area contributed by atoms with E-state index in [0.29, 0.717) is 0 Å². The highest BCUT2D eigenvalue weighted by atomic mass is 15.0. The van der Waals surface area contributed by atoms with E-state index < -0.39 is 0 Å².